The van der Waals surface area contributed by atoms with Crippen molar-refractivity contribution in [3.8, 4) is 0 Å². The number of rotatable bonds is 4. The zero-order valence-corrected chi connectivity index (χ0v) is 13.7. The molecule has 3 heterocycles. The van der Waals surface area contributed by atoms with Crippen LogP contribution in [-0.2, 0) is 6.42 Å². The molecule has 1 N–H and O–H groups in total. The van der Waals surface area contributed by atoms with E-state index in [4.69, 9.17) is 8.83 Å². The first-order valence-electron chi connectivity index (χ1n) is 8.32. The normalized spacial score (nSPS) is 18.4. The first-order chi connectivity index (χ1) is 11.6. The fraction of sp³-hybridized carbons (Fsp3) is 0.444. The third-order valence-electron chi connectivity index (χ3n) is 4.46. The Morgan fingerprint density at radius 3 is 2.79 bits per heavy atom. The second kappa shape index (κ2) is 6.95. The van der Waals surface area contributed by atoms with Gasteiger partial charge in [0, 0.05) is 19.0 Å². The number of hydrogen-bond acceptors (Lipinski definition) is 4. The molecule has 24 heavy (non-hydrogen) atoms. The number of hydrogen-bond donors (Lipinski definition) is 1. The van der Waals surface area contributed by atoms with Crippen molar-refractivity contribution in [3.63, 3.8) is 0 Å². The van der Waals surface area contributed by atoms with Gasteiger partial charge in [-0.2, -0.15) is 0 Å². The highest BCUT2D eigenvalue weighted by atomic mass is 16.4. The van der Waals surface area contributed by atoms with Crippen molar-refractivity contribution in [1.82, 2.24) is 4.90 Å². The quantitative estimate of drug-likeness (QED) is 0.919. The Kier molecular flexibility index (Phi) is 4.74. The molecular formula is C18H21NO5. The van der Waals surface area contributed by atoms with E-state index in [1.807, 2.05) is 12.1 Å². The number of furan rings is 2. The van der Waals surface area contributed by atoms with E-state index in [1.165, 1.54) is 6.07 Å². The van der Waals surface area contributed by atoms with Gasteiger partial charge in [-0.3, -0.25) is 4.79 Å². The summed E-state index contributed by atoms with van der Waals surface area (Å²) < 4.78 is 11.1. The van der Waals surface area contributed by atoms with Crippen molar-refractivity contribution in [3.05, 3.63) is 47.3 Å². The number of amides is 1. The minimum atomic E-state index is -1.08. The summed E-state index contributed by atoms with van der Waals surface area (Å²) in [5.74, 6) is -0.183. The maximum Gasteiger partial charge on any atom is 0.339 e. The molecule has 1 amide bonds. The largest absolute Gasteiger partial charge is 0.478 e. The number of carboxylic acid groups (broad SMARTS) is 1. The molecule has 6 heteroatoms. The Balaban J connectivity index is 1.92. The van der Waals surface area contributed by atoms with Gasteiger partial charge in [0.2, 0.25) is 0 Å². The first kappa shape index (κ1) is 16.4. The van der Waals surface area contributed by atoms with Crippen molar-refractivity contribution >= 4 is 11.9 Å². The van der Waals surface area contributed by atoms with Gasteiger partial charge in [-0.25, -0.2) is 4.79 Å². The van der Waals surface area contributed by atoms with Crippen molar-refractivity contribution in [2.24, 2.45) is 0 Å². The Labute approximate surface area is 140 Å². The number of carbonyl (C=O) groups excluding carboxylic acids is 1. The molecule has 0 bridgehead atoms. The van der Waals surface area contributed by atoms with Crippen LogP contribution in [0, 0.1) is 0 Å². The minimum absolute atomic E-state index is 0.0604. The molecule has 1 atom stereocenters. The lowest BCUT2D eigenvalue weighted by molar-refractivity contribution is 0.0623. The zero-order valence-electron chi connectivity index (χ0n) is 13.7. The monoisotopic (exact) mass is 331 g/mol. The predicted octanol–water partition coefficient (Wildman–Crippen LogP) is 3.89. The molecule has 128 valence electrons. The molecule has 3 rings (SSSR count). The van der Waals surface area contributed by atoms with Gasteiger partial charge in [0.1, 0.15) is 17.1 Å². The molecule has 1 unspecified atom stereocenters. The van der Waals surface area contributed by atoms with E-state index in [2.05, 4.69) is 0 Å². The van der Waals surface area contributed by atoms with E-state index >= 15 is 0 Å². The predicted molar refractivity (Wildman–Crippen MR) is 86.0 cm³/mol. The third kappa shape index (κ3) is 3.09. The maximum atomic E-state index is 13.0. The van der Waals surface area contributed by atoms with E-state index in [-0.39, 0.29) is 23.3 Å². The van der Waals surface area contributed by atoms with Crippen LogP contribution in [0.1, 0.15) is 71.1 Å². The SMILES string of the molecule is CCc1oc(C(=O)N2CCCCCC2c2ccco2)cc1C(=O)O. The molecule has 1 aliphatic heterocycles. The smallest absolute Gasteiger partial charge is 0.339 e. The summed E-state index contributed by atoms with van der Waals surface area (Å²) in [5, 5.41) is 9.25. The summed E-state index contributed by atoms with van der Waals surface area (Å²) in [6, 6.07) is 4.89. The third-order valence-corrected chi connectivity index (χ3v) is 4.46. The molecular weight excluding hydrogens is 310 g/mol. The van der Waals surface area contributed by atoms with E-state index in [9.17, 15) is 14.7 Å². The van der Waals surface area contributed by atoms with Crippen LogP contribution >= 0.6 is 0 Å². The molecule has 0 aliphatic carbocycles. The topological polar surface area (TPSA) is 83.9 Å². The molecule has 1 saturated heterocycles. The fourth-order valence-corrected chi connectivity index (χ4v) is 3.25. The summed E-state index contributed by atoms with van der Waals surface area (Å²) in [6.07, 6.45) is 5.85. The molecule has 1 fully saturated rings. The molecule has 2 aromatic rings. The van der Waals surface area contributed by atoms with Crippen molar-refractivity contribution in [1.29, 1.82) is 0 Å². The zero-order chi connectivity index (χ0) is 17.1. The Morgan fingerprint density at radius 2 is 2.17 bits per heavy atom. The van der Waals surface area contributed by atoms with Crippen LogP contribution in [0.3, 0.4) is 0 Å². The van der Waals surface area contributed by atoms with Gasteiger partial charge >= 0.3 is 5.97 Å². The van der Waals surface area contributed by atoms with Crippen LogP contribution in [0.5, 0.6) is 0 Å². The second-order valence-electron chi connectivity index (χ2n) is 5.99. The number of aryl methyl sites for hydroxylation is 1. The Bertz CT molecular complexity index is 716. The van der Waals surface area contributed by atoms with E-state index < -0.39 is 5.97 Å². The molecule has 1 aliphatic rings. The molecule has 2 aromatic heterocycles. The number of nitrogens with zero attached hydrogens (tertiary/aromatic N) is 1. The van der Waals surface area contributed by atoms with E-state index in [1.54, 1.807) is 18.1 Å². The standard InChI is InChI=1S/C18H21NO5/c1-2-14-12(18(21)22)11-16(24-14)17(20)19-9-5-3-4-7-13(19)15-8-6-10-23-15/h6,8,10-11,13H,2-5,7,9H2,1H3,(H,21,22). The van der Waals surface area contributed by atoms with Gasteiger partial charge in [-0.1, -0.05) is 19.8 Å². The Morgan fingerprint density at radius 1 is 1.33 bits per heavy atom. The minimum Gasteiger partial charge on any atom is -0.478 e. The van der Waals surface area contributed by atoms with Crippen LogP contribution in [0.2, 0.25) is 0 Å². The lowest BCUT2D eigenvalue weighted by Crippen LogP contribution is -2.34. The summed E-state index contributed by atoms with van der Waals surface area (Å²) in [5.41, 5.74) is 0.0604. The van der Waals surface area contributed by atoms with Crippen molar-refractivity contribution in [2.75, 3.05) is 6.54 Å². The van der Waals surface area contributed by atoms with Gasteiger partial charge < -0.3 is 18.8 Å². The highest BCUT2D eigenvalue weighted by Crippen LogP contribution is 2.32. The molecule has 6 nitrogen and oxygen atoms in total. The lowest BCUT2D eigenvalue weighted by Gasteiger charge is -2.27. The summed E-state index contributed by atoms with van der Waals surface area (Å²) in [6.45, 7) is 2.41. The van der Waals surface area contributed by atoms with Gasteiger partial charge in [0.05, 0.1) is 12.3 Å². The van der Waals surface area contributed by atoms with Crippen LogP contribution in [0.25, 0.3) is 0 Å². The van der Waals surface area contributed by atoms with Gasteiger partial charge in [-0.05, 0) is 25.0 Å². The molecule has 0 saturated carbocycles. The van der Waals surface area contributed by atoms with E-state index in [0.717, 1.165) is 31.4 Å². The molecule has 0 radical (unpaired) electrons. The number of likely N-dealkylation sites (tertiary alicyclic amines) is 1. The van der Waals surface area contributed by atoms with Crippen molar-refractivity contribution in [2.45, 2.75) is 45.1 Å². The van der Waals surface area contributed by atoms with Crippen LogP contribution in [-0.4, -0.2) is 28.4 Å². The van der Waals surface area contributed by atoms with Gasteiger partial charge in [0.15, 0.2) is 5.76 Å². The van der Waals surface area contributed by atoms with Crippen LogP contribution in [0.4, 0.5) is 0 Å². The number of carboxylic acids is 1. The van der Waals surface area contributed by atoms with Gasteiger partial charge in [0.25, 0.3) is 5.91 Å². The number of aromatic carboxylic acids is 1. The highest BCUT2D eigenvalue weighted by Gasteiger charge is 2.32. The number of carbonyl (C=O) groups is 2. The second-order valence-corrected chi connectivity index (χ2v) is 5.99. The van der Waals surface area contributed by atoms with Crippen LogP contribution < -0.4 is 0 Å². The van der Waals surface area contributed by atoms with E-state index in [0.29, 0.717) is 18.7 Å². The Hall–Kier alpha value is -2.50. The lowest BCUT2D eigenvalue weighted by atomic mass is 10.1. The summed E-state index contributed by atoms with van der Waals surface area (Å²) in [7, 11) is 0. The molecule has 0 spiro atoms. The first-order valence-corrected chi connectivity index (χ1v) is 8.32. The van der Waals surface area contributed by atoms with Crippen molar-refractivity contribution < 1.29 is 23.5 Å². The fourth-order valence-electron chi connectivity index (χ4n) is 3.25. The average molecular weight is 331 g/mol. The highest BCUT2D eigenvalue weighted by molar-refractivity contribution is 5.96. The maximum absolute atomic E-state index is 13.0. The van der Waals surface area contributed by atoms with Crippen LogP contribution in [0.15, 0.2) is 33.3 Å². The van der Waals surface area contributed by atoms with Gasteiger partial charge in [-0.15, -0.1) is 0 Å². The average Bonchev–Trinajstić information content (AvgIpc) is 3.19. The molecule has 0 aromatic carbocycles. The summed E-state index contributed by atoms with van der Waals surface area (Å²) >= 11 is 0. The summed E-state index contributed by atoms with van der Waals surface area (Å²) in [4.78, 5) is 26.0.